The second kappa shape index (κ2) is 9.55. The van der Waals surface area contributed by atoms with E-state index in [9.17, 15) is 4.79 Å². The Morgan fingerprint density at radius 3 is 2.57 bits per heavy atom. The Bertz CT molecular complexity index is 909. The maximum absolute atomic E-state index is 12.1. The van der Waals surface area contributed by atoms with Crippen LogP contribution in [0.3, 0.4) is 0 Å². The first kappa shape index (κ1) is 19.4. The van der Waals surface area contributed by atoms with Crippen molar-refractivity contribution < 1.29 is 18.8 Å². The second-order valence-corrected chi connectivity index (χ2v) is 6.17. The Morgan fingerprint density at radius 2 is 1.82 bits per heavy atom. The summed E-state index contributed by atoms with van der Waals surface area (Å²) in [4.78, 5) is 16.4. The Labute approximate surface area is 163 Å². The van der Waals surface area contributed by atoms with Crippen LogP contribution in [0, 0.1) is 0 Å². The third kappa shape index (κ3) is 5.09. The molecule has 0 aliphatic heterocycles. The average Bonchev–Trinajstić information content (AvgIpc) is 3.21. The van der Waals surface area contributed by atoms with E-state index in [0.29, 0.717) is 49.0 Å². The van der Waals surface area contributed by atoms with Gasteiger partial charge in [-0.2, -0.15) is 4.98 Å². The Kier molecular flexibility index (Phi) is 6.62. The molecule has 1 aromatic heterocycles. The van der Waals surface area contributed by atoms with Gasteiger partial charge in [-0.05, 0) is 24.1 Å². The molecule has 2 aromatic carbocycles. The fraction of sp³-hybridized carbons (Fsp3) is 0.286. The molecule has 0 unspecified atom stereocenters. The van der Waals surface area contributed by atoms with Gasteiger partial charge in [0.15, 0.2) is 11.5 Å². The van der Waals surface area contributed by atoms with Crippen molar-refractivity contribution in [3.8, 4) is 22.9 Å². The summed E-state index contributed by atoms with van der Waals surface area (Å²) >= 11 is 0. The summed E-state index contributed by atoms with van der Waals surface area (Å²) in [5.41, 5.74) is 1.91. The molecule has 3 rings (SSSR count). The van der Waals surface area contributed by atoms with Crippen LogP contribution < -0.4 is 14.8 Å². The predicted molar refractivity (Wildman–Crippen MR) is 104 cm³/mol. The van der Waals surface area contributed by atoms with Gasteiger partial charge in [-0.15, -0.1) is 0 Å². The highest BCUT2D eigenvalue weighted by Gasteiger charge is 2.10. The van der Waals surface area contributed by atoms with E-state index in [1.54, 1.807) is 14.2 Å². The molecule has 0 aliphatic carbocycles. The molecule has 1 heterocycles. The first-order valence-corrected chi connectivity index (χ1v) is 9.05. The van der Waals surface area contributed by atoms with E-state index in [-0.39, 0.29) is 5.91 Å². The summed E-state index contributed by atoms with van der Waals surface area (Å²) in [5, 5.41) is 6.85. The molecule has 0 aliphatic rings. The number of aromatic nitrogens is 2. The highest BCUT2D eigenvalue weighted by atomic mass is 16.5. The molecule has 1 amide bonds. The molecule has 146 valence electrons. The molecule has 0 saturated heterocycles. The number of benzene rings is 2. The molecule has 0 fully saturated rings. The Hall–Kier alpha value is -3.35. The molecular weight excluding hydrogens is 358 g/mol. The summed E-state index contributed by atoms with van der Waals surface area (Å²) in [6, 6.07) is 15.3. The summed E-state index contributed by atoms with van der Waals surface area (Å²) < 4.78 is 15.7. The number of nitrogens with one attached hydrogen (secondary N) is 1. The smallest absolute Gasteiger partial charge is 0.228 e. The zero-order valence-electron chi connectivity index (χ0n) is 16.0. The van der Waals surface area contributed by atoms with Crippen LogP contribution in [-0.4, -0.2) is 36.8 Å². The fourth-order valence-corrected chi connectivity index (χ4v) is 2.75. The van der Waals surface area contributed by atoms with Gasteiger partial charge in [-0.25, -0.2) is 0 Å². The number of carbonyl (C=O) groups is 1. The first-order chi connectivity index (χ1) is 13.7. The quantitative estimate of drug-likeness (QED) is 0.613. The second-order valence-electron chi connectivity index (χ2n) is 6.17. The van der Waals surface area contributed by atoms with Crippen molar-refractivity contribution in [2.75, 3.05) is 20.8 Å². The number of nitrogens with zero attached hydrogens (tertiary/aromatic N) is 2. The lowest BCUT2D eigenvalue weighted by Gasteiger charge is -2.09. The maximum Gasteiger partial charge on any atom is 0.228 e. The molecule has 0 saturated carbocycles. The van der Waals surface area contributed by atoms with E-state index < -0.39 is 0 Å². The normalized spacial score (nSPS) is 10.5. The fourth-order valence-electron chi connectivity index (χ4n) is 2.75. The zero-order chi connectivity index (χ0) is 19.8. The van der Waals surface area contributed by atoms with Crippen LogP contribution in [-0.2, 0) is 17.6 Å². The summed E-state index contributed by atoms with van der Waals surface area (Å²) in [7, 11) is 3.19. The average molecular weight is 381 g/mol. The molecular formula is C21H23N3O4. The highest BCUT2D eigenvalue weighted by Crippen LogP contribution is 2.27. The minimum absolute atomic E-state index is 0.0300. The SMILES string of the molecule is COc1ccc(CCC(=O)NCCc2nc(-c3ccccc3)no2)cc1OC. The number of aryl methyl sites for hydroxylation is 1. The van der Waals surface area contributed by atoms with Gasteiger partial charge in [0.25, 0.3) is 0 Å². The van der Waals surface area contributed by atoms with E-state index in [1.807, 2.05) is 48.5 Å². The van der Waals surface area contributed by atoms with Crippen molar-refractivity contribution >= 4 is 5.91 Å². The van der Waals surface area contributed by atoms with Crippen molar-refractivity contribution in [1.82, 2.24) is 15.5 Å². The third-order valence-electron chi connectivity index (χ3n) is 4.25. The van der Waals surface area contributed by atoms with Gasteiger partial charge in [0.1, 0.15) is 0 Å². The maximum atomic E-state index is 12.1. The van der Waals surface area contributed by atoms with Crippen LogP contribution in [0.5, 0.6) is 11.5 Å². The molecule has 7 nitrogen and oxygen atoms in total. The Balaban J connectivity index is 1.43. The minimum Gasteiger partial charge on any atom is -0.493 e. The lowest BCUT2D eigenvalue weighted by atomic mass is 10.1. The standard InChI is InChI=1S/C21H23N3O4/c1-26-17-10-8-15(14-18(17)27-2)9-11-19(25)22-13-12-20-23-21(24-28-20)16-6-4-3-5-7-16/h3-8,10,14H,9,11-13H2,1-2H3,(H,22,25). The predicted octanol–water partition coefficient (Wildman–Crippen LogP) is 3.05. The highest BCUT2D eigenvalue weighted by molar-refractivity contribution is 5.76. The van der Waals surface area contributed by atoms with Crippen molar-refractivity contribution in [2.24, 2.45) is 0 Å². The van der Waals surface area contributed by atoms with Crippen molar-refractivity contribution in [3.05, 3.63) is 60.0 Å². The van der Waals surface area contributed by atoms with Gasteiger partial charge in [0, 0.05) is 24.9 Å². The van der Waals surface area contributed by atoms with Crippen LogP contribution in [0.15, 0.2) is 53.1 Å². The molecule has 0 spiro atoms. The first-order valence-electron chi connectivity index (χ1n) is 9.05. The van der Waals surface area contributed by atoms with Gasteiger partial charge in [-0.1, -0.05) is 41.6 Å². The number of amides is 1. The van der Waals surface area contributed by atoms with E-state index in [0.717, 1.165) is 11.1 Å². The van der Waals surface area contributed by atoms with Crippen LogP contribution in [0.4, 0.5) is 0 Å². The molecule has 7 heteroatoms. The summed E-state index contributed by atoms with van der Waals surface area (Å²) in [5.74, 6) is 2.35. The van der Waals surface area contributed by atoms with Crippen LogP contribution in [0.25, 0.3) is 11.4 Å². The topological polar surface area (TPSA) is 86.5 Å². The number of hydrogen-bond donors (Lipinski definition) is 1. The summed E-state index contributed by atoms with van der Waals surface area (Å²) in [6.45, 7) is 0.446. The molecule has 3 aromatic rings. The third-order valence-corrected chi connectivity index (χ3v) is 4.25. The monoisotopic (exact) mass is 381 g/mol. The van der Waals surface area contributed by atoms with Gasteiger partial charge in [-0.3, -0.25) is 4.79 Å². The number of ether oxygens (including phenoxy) is 2. The number of methoxy groups -OCH3 is 2. The molecule has 1 N–H and O–H groups in total. The zero-order valence-corrected chi connectivity index (χ0v) is 16.0. The van der Waals surface area contributed by atoms with Crippen LogP contribution in [0.2, 0.25) is 0 Å². The lowest BCUT2D eigenvalue weighted by molar-refractivity contribution is -0.121. The van der Waals surface area contributed by atoms with Crippen LogP contribution >= 0.6 is 0 Å². The van der Waals surface area contributed by atoms with Crippen LogP contribution in [0.1, 0.15) is 17.9 Å². The molecule has 0 atom stereocenters. The molecule has 0 radical (unpaired) electrons. The van der Waals surface area contributed by atoms with Crippen molar-refractivity contribution in [3.63, 3.8) is 0 Å². The van der Waals surface area contributed by atoms with E-state index >= 15 is 0 Å². The van der Waals surface area contributed by atoms with Gasteiger partial charge in [0.2, 0.25) is 17.6 Å². The van der Waals surface area contributed by atoms with E-state index in [2.05, 4.69) is 15.5 Å². The van der Waals surface area contributed by atoms with Gasteiger partial charge in [0.05, 0.1) is 14.2 Å². The van der Waals surface area contributed by atoms with Crippen molar-refractivity contribution in [2.45, 2.75) is 19.3 Å². The molecule has 0 bridgehead atoms. The summed E-state index contributed by atoms with van der Waals surface area (Å²) in [6.07, 6.45) is 1.49. The van der Waals surface area contributed by atoms with E-state index in [4.69, 9.17) is 14.0 Å². The van der Waals surface area contributed by atoms with E-state index in [1.165, 1.54) is 0 Å². The molecule has 28 heavy (non-hydrogen) atoms. The lowest BCUT2D eigenvalue weighted by Crippen LogP contribution is -2.25. The van der Waals surface area contributed by atoms with Gasteiger partial charge < -0.3 is 19.3 Å². The number of rotatable bonds is 9. The Morgan fingerprint density at radius 1 is 1.04 bits per heavy atom. The largest absolute Gasteiger partial charge is 0.493 e. The number of carbonyl (C=O) groups excluding carboxylic acids is 1. The van der Waals surface area contributed by atoms with Gasteiger partial charge >= 0.3 is 0 Å². The number of hydrogen-bond acceptors (Lipinski definition) is 6. The minimum atomic E-state index is -0.0300. The van der Waals surface area contributed by atoms with Crippen molar-refractivity contribution in [1.29, 1.82) is 0 Å².